The third-order valence-electron chi connectivity index (χ3n) is 3.94. The zero-order valence-electron chi connectivity index (χ0n) is 14.0. The fourth-order valence-electron chi connectivity index (χ4n) is 2.77. The van der Waals surface area contributed by atoms with E-state index in [4.69, 9.17) is 4.84 Å². The van der Waals surface area contributed by atoms with E-state index in [-0.39, 0.29) is 5.60 Å². The SMILES string of the molecule is CC.CNCC1=CCC(C2=NOC(C)(c3ccccc3)C2)=C1. The monoisotopic (exact) mass is 298 g/mol. The van der Waals surface area contributed by atoms with Crippen molar-refractivity contribution in [1.82, 2.24) is 5.32 Å². The van der Waals surface area contributed by atoms with Gasteiger partial charge >= 0.3 is 0 Å². The van der Waals surface area contributed by atoms with Gasteiger partial charge < -0.3 is 10.2 Å². The normalized spacial score (nSPS) is 23.0. The van der Waals surface area contributed by atoms with Gasteiger partial charge in [-0.1, -0.05) is 61.5 Å². The standard InChI is InChI=1S/C17H20N2O.C2H6/c1-17(15-6-4-3-5-7-15)11-16(19-20-17)14-9-8-13(10-14)12-18-2;1-2/h3-8,10,18H,9,11-12H2,1-2H3;1-2H3. The lowest BCUT2D eigenvalue weighted by atomic mass is 9.89. The number of hydrogen-bond donors (Lipinski definition) is 1. The van der Waals surface area contributed by atoms with Gasteiger partial charge in [-0.25, -0.2) is 0 Å². The number of oxime groups is 1. The number of allylic oxidation sites excluding steroid dienone is 2. The first-order chi connectivity index (χ1) is 10.7. The van der Waals surface area contributed by atoms with Gasteiger partial charge in [0.2, 0.25) is 0 Å². The third kappa shape index (κ3) is 3.47. The molecule has 0 saturated heterocycles. The Morgan fingerprint density at radius 2 is 1.95 bits per heavy atom. The molecule has 0 amide bonds. The Morgan fingerprint density at radius 3 is 2.64 bits per heavy atom. The van der Waals surface area contributed by atoms with Crippen LogP contribution in [0.5, 0.6) is 0 Å². The van der Waals surface area contributed by atoms with Gasteiger partial charge in [-0.05, 0) is 37.1 Å². The van der Waals surface area contributed by atoms with Gasteiger partial charge in [0, 0.05) is 13.0 Å². The van der Waals surface area contributed by atoms with E-state index in [2.05, 4.69) is 41.7 Å². The molecular weight excluding hydrogens is 272 g/mol. The smallest absolute Gasteiger partial charge is 0.165 e. The first-order valence-corrected chi connectivity index (χ1v) is 8.06. The van der Waals surface area contributed by atoms with Crippen LogP contribution in [0, 0.1) is 0 Å². The van der Waals surface area contributed by atoms with E-state index in [1.807, 2.05) is 39.1 Å². The molecule has 1 aromatic carbocycles. The highest BCUT2D eigenvalue weighted by Gasteiger charge is 2.37. The molecule has 1 heterocycles. The minimum Gasteiger partial charge on any atom is -0.384 e. The first-order valence-electron chi connectivity index (χ1n) is 8.06. The molecule has 0 spiro atoms. The van der Waals surface area contributed by atoms with Crippen LogP contribution in [-0.2, 0) is 10.4 Å². The van der Waals surface area contributed by atoms with Crippen LogP contribution in [0.25, 0.3) is 0 Å². The molecule has 1 aromatic rings. The summed E-state index contributed by atoms with van der Waals surface area (Å²) in [6, 6.07) is 10.3. The number of likely N-dealkylation sites (N-methyl/N-ethyl adjacent to an activating group) is 1. The average Bonchev–Trinajstić information content (AvgIpc) is 3.18. The maximum absolute atomic E-state index is 5.76. The van der Waals surface area contributed by atoms with Crippen LogP contribution in [0.2, 0.25) is 0 Å². The van der Waals surface area contributed by atoms with Gasteiger partial charge in [0.25, 0.3) is 0 Å². The summed E-state index contributed by atoms with van der Waals surface area (Å²) in [5.74, 6) is 0. The number of nitrogens with zero attached hydrogens (tertiary/aromatic N) is 1. The molecule has 0 saturated carbocycles. The van der Waals surface area contributed by atoms with Gasteiger partial charge in [0.15, 0.2) is 5.60 Å². The lowest BCUT2D eigenvalue weighted by Crippen LogP contribution is -2.21. The van der Waals surface area contributed by atoms with Crippen LogP contribution in [0.3, 0.4) is 0 Å². The summed E-state index contributed by atoms with van der Waals surface area (Å²) in [7, 11) is 1.97. The molecule has 3 nitrogen and oxygen atoms in total. The predicted molar refractivity (Wildman–Crippen MR) is 93.0 cm³/mol. The molecule has 0 radical (unpaired) electrons. The van der Waals surface area contributed by atoms with Crippen molar-refractivity contribution >= 4 is 5.71 Å². The second-order valence-electron chi connectivity index (χ2n) is 5.59. The maximum atomic E-state index is 5.76. The van der Waals surface area contributed by atoms with Crippen molar-refractivity contribution in [1.29, 1.82) is 0 Å². The van der Waals surface area contributed by atoms with Crippen LogP contribution in [0.15, 0.2) is 58.8 Å². The van der Waals surface area contributed by atoms with Crippen molar-refractivity contribution in [3.8, 4) is 0 Å². The Balaban J connectivity index is 0.000000847. The van der Waals surface area contributed by atoms with Gasteiger partial charge in [0.1, 0.15) is 0 Å². The molecular formula is C19H26N2O. The Morgan fingerprint density at radius 1 is 1.23 bits per heavy atom. The molecule has 0 aromatic heterocycles. The summed E-state index contributed by atoms with van der Waals surface area (Å²) in [5, 5.41) is 7.52. The highest BCUT2D eigenvalue weighted by molar-refractivity contribution is 6.02. The molecule has 3 rings (SSSR count). The van der Waals surface area contributed by atoms with E-state index in [0.717, 1.165) is 25.1 Å². The van der Waals surface area contributed by atoms with E-state index in [1.54, 1.807) is 0 Å². The molecule has 1 atom stereocenters. The Hall–Kier alpha value is -1.87. The van der Waals surface area contributed by atoms with Crippen LogP contribution in [0.1, 0.15) is 39.2 Å². The van der Waals surface area contributed by atoms with Crippen LogP contribution < -0.4 is 5.32 Å². The predicted octanol–water partition coefficient (Wildman–Crippen LogP) is 4.18. The van der Waals surface area contributed by atoms with Crippen LogP contribution in [-0.4, -0.2) is 19.3 Å². The molecule has 3 heteroatoms. The minimum absolute atomic E-state index is 0.330. The Kier molecular flexibility index (Phi) is 5.56. The van der Waals surface area contributed by atoms with E-state index >= 15 is 0 Å². The molecule has 2 aliphatic rings. The lowest BCUT2D eigenvalue weighted by molar-refractivity contribution is -0.00738. The molecule has 1 N–H and O–H groups in total. The Bertz CT molecular complexity index is 587. The zero-order valence-corrected chi connectivity index (χ0v) is 14.0. The average molecular weight is 298 g/mol. The highest BCUT2D eigenvalue weighted by Crippen LogP contribution is 2.37. The molecule has 1 aliphatic carbocycles. The fourth-order valence-corrected chi connectivity index (χ4v) is 2.77. The van der Waals surface area contributed by atoms with Crippen molar-refractivity contribution in [2.75, 3.05) is 13.6 Å². The fraction of sp³-hybridized carbons (Fsp3) is 0.421. The van der Waals surface area contributed by atoms with Gasteiger partial charge in [0.05, 0.1) is 5.71 Å². The summed E-state index contributed by atoms with van der Waals surface area (Å²) in [6.45, 7) is 7.02. The maximum Gasteiger partial charge on any atom is 0.165 e. The number of rotatable bonds is 4. The molecule has 22 heavy (non-hydrogen) atoms. The van der Waals surface area contributed by atoms with Crippen molar-refractivity contribution in [3.63, 3.8) is 0 Å². The quantitative estimate of drug-likeness (QED) is 0.904. The third-order valence-corrected chi connectivity index (χ3v) is 3.94. The molecule has 118 valence electrons. The molecule has 1 unspecified atom stereocenters. The van der Waals surface area contributed by atoms with E-state index in [0.29, 0.717) is 0 Å². The van der Waals surface area contributed by atoms with Gasteiger partial charge in [-0.3, -0.25) is 0 Å². The van der Waals surface area contributed by atoms with Gasteiger partial charge in [-0.2, -0.15) is 0 Å². The molecule has 1 aliphatic heterocycles. The minimum atomic E-state index is -0.330. The number of nitrogens with one attached hydrogen (secondary N) is 1. The zero-order chi connectivity index (χ0) is 16.0. The van der Waals surface area contributed by atoms with Crippen LogP contribution in [0.4, 0.5) is 0 Å². The molecule has 0 fully saturated rings. The largest absolute Gasteiger partial charge is 0.384 e. The first kappa shape index (κ1) is 16.5. The van der Waals surface area contributed by atoms with E-state index in [1.165, 1.54) is 16.7 Å². The van der Waals surface area contributed by atoms with Crippen LogP contribution >= 0.6 is 0 Å². The lowest BCUT2D eigenvalue weighted by Gasteiger charge is -2.21. The van der Waals surface area contributed by atoms with Gasteiger partial charge in [-0.15, -0.1) is 0 Å². The van der Waals surface area contributed by atoms with Crippen molar-refractivity contribution < 1.29 is 4.84 Å². The summed E-state index contributed by atoms with van der Waals surface area (Å²) in [6.07, 6.45) is 6.29. The second kappa shape index (κ2) is 7.41. The van der Waals surface area contributed by atoms with E-state index < -0.39 is 0 Å². The number of benzene rings is 1. The van der Waals surface area contributed by atoms with Crippen molar-refractivity contribution in [2.24, 2.45) is 5.16 Å². The summed E-state index contributed by atoms with van der Waals surface area (Å²) < 4.78 is 0. The van der Waals surface area contributed by atoms with E-state index in [9.17, 15) is 0 Å². The van der Waals surface area contributed by atoms with Crippen molar-refractivity contribution in [2.45, 2.75) is 39.2 Å². The summed E-state index contributed by atoms with van der Waals surface area (Å²) >= 11 is 0. The molecule has 0 bridgehead atoms. The highest BCUT2D eigenvalue weighted by atomic mass is 16.7. The Labute approximate surface area is 133 Å². The summed E-state index contributed by atoms with van der Waals surface area (Å²) in [5.41, 5.74) is 4.55. The summed E-state index contributed by atoms with van der Waals surface area (Å²) in [4.78, 5) is 5.76. The second-order valence-corrected chi connectivity index (χ2v) is 5.59. The number of hydrogen-bond acceptors (Lipinski definition) is 3. The topological polar surface area (TPSA) is 33.6 Å². The van der Waals surface area contributed by atoms with Crippen molar-refractivity contribution in [3.05, 3.63) is 59.2 Å².